The maximum absolute atomic E-state index is 11.9. The van der Waals surface area contributed by atoms with E-state index in [1.54, 1.807) is 0 Å². The highest BCUT2D eigenvalue weighted by Gasteiger charge is 2.38. The topological polar surface area (TPSA) is 39.2 Å². The molecular formula is C9H8F3NO2. The lowest BCUT2D eigenvalue weighted by Gasteiger charge is -2.05. The van der Waals surface area contributed by atoms with Gasteiger partial charge in [-0.05, 0) is 6.07 Å². The lowest BCUT2D eigenvalue weighted by molar-refractivity contribution is -0.170. The maximum atomic E-state index is 11.9. The number of carbonyl (C=O) groups excluding carboxylic acids is 1. The molecule has 3 nitrogen and oxygen atoms in total. The quantitative estimate of drug-likeness (QED) is 0.777. The van der Waals surface area contributed by atoms with Gasteiger partial charge in [-0.2, -0.15) is 13.2 Å². The Labute approximate surface area is 83.9 Å². The number of rotatable bonds is 3. The normalized spacial score (nSPS) is 11.2. The Morgan fingerprint density at radius 2 is 2.13 bits per heavy atom. The van der Waals surface area contributed by atoms with Crippen LogP contribution in [0.4, 0.5) is 13.2 Å². The third kappa shape index (κ3) is 3.23. The summed E-state index contributed by atoms with van der Waals surface area (Å²) in [6, 6.07) is 4.30. The molecule has 0 N–H and O–H groups in total. The van der Waals surface area contributed by atoms with Crippen molar-refractivity contribution in [2.45, 2.75) is 12.6 Å². The van der Waals surface area contributed by atoms with Crippen molar-refractivity contribution in [1.82, 2.24) is 4.98 Å². The third-order valence-corrected chi connectivity index (χ3v) is 1.65. The van der Waals surface area contributed by atoms with Crippen LogP contribution in [-0.2, 0) is 11.2 Å². The summed E-state index contributed by atoms with van der Waals surface area (Å²) < 4.78 is 40.4. The highest BCUT2D eigenvalue weighted by atomic mass is 19.4. The second-order valence-corrected chi connectivity index (χ2v) is 2.77. The number of pyridine rings is 1. The van der Waals surface area contributed by atoms with E-state index < -0.39 is 18.4 Å². The Hall–Kier alpha value is -1.59. The number of aromatic nitrogens is 1. The first-order chi connectivity index (χ1) is 6.93. The van der Waals surface area contributed by atoms with Gasteiger partial charge in [0.1, 0.15) is 0 Å². The monoisotopic (exact) mass is 219 g/mol. The third-order valence-electron chi connectivity index (χ3n) is 1.65. The summed E-state index contributed by atoms with van der Waals surface area (Å²) in [5, 5.41) is 0. The Kier molecular flexibility index (Phi) is 3.28. The summed E-state index contributed by atoms with van der Waals surface area (Å²) in [6.45, 7) is 0. The van der Waals surface area contributed by atoms with Crippen LogP contribution >= 0.6 is 0 Å². The van der Waals surface area contributed by atoms with E-state index in [9.17, 15) is 18.0 Å². The number of hydrogen-bond acceptors (Lipinski definition) is 3. The molecule has 1 aromatic rings. The largest absolute Gasteiger partial charge is 0.481 e. The fraction of sp³-hybridized carbons (Fsp3) is 0.333. The molecule has 0 saturated carbocycles. The Balaban J connectivity index is 2.77. The summed E-state index contributed by atoms with van der Waals surface area (Å²) in [4.78, 5) is 14.3. The molecule has 0 fully saturated rings. The molecule has 0 unspecified atom stereocenters. The molecule has 6 heteroatoms. The number of halogens is 3. The number of ketones is 1. The minimum Gasteiger partial charge on any atom is -0.481 e. The van der Waals surface area contributed by atoms with Crippen molar-refractivity contribution in [1.29, 1.82) is 0 Å². The van der Waals surface area contributed by atoms with Crippen molar-refractivity contribution in [3.05, 3.63) is 23.9 Å². The van der Waals surface area contributed by atoms with E-state index >= 15 is 0 Å². The first-order valence-corrected chi connectivity index (χ1v) is 4.03. The van der Waals surface area contributed by atoms with Gasteiger partial charge >= 0.3 is 6.18 Å². The van der Waals surface area contributed by atoms with Crippen LogP contribution < -0.4 is 4.74 Å². The standard InChI is InChI=1S/C9H8F3NO2/c1-15-8-4-2-3-6(13-8)5-7(14)9(10,11)12/h2-4H,5H2,1H3. The van der Waals surface area contributed by atoms with Crippen molar-refractivity contribution >= 4 is 5.78 Å². The zero-order chi connectivity index (χ0) is 11.5. The van der Waals surface area contributed by atoms with E-state index in [0.717, 1.165) is 0 Å². The highest BCUT2D eigenvalue weighted by molar-refractivity contribution is 5.85. The predicted octanol–water partition coefficient (Wildman–Crippen LogP) is 1.76. The molecule has 1 rings (SSSR count). The van der Waals surface area contributed by atoms with Crippen molar-refractivity contribution in [3.63, 3.8) is 0 Å². The molecule has 82 valence electrons. The minimum absolute atomic E-state index is 0.0386. The number of Topliss-reactive ketones (excluding diaryl/α,β-unsaturated/α-hetero) is 1. The van der Waals surface area contributed by atoms with Gasteiger partial charge in [0.05, 0.1) is 19.2 Å². The molecule has 0 aliphatic rings. The van der Waals surface area contributed by atoms with Crippen LogP contribution in [0.15, 0.2) is 18.2 Å². The lowest BCUT2D eigenvalue weighted by Crippen LogP contribution is -2.24. The van der Waals surface area contributed by atoms with Gasteiger partial charge < -0.3 is 4.74 Å². The van der Waals surface area contributed by atoms with Crippen LogP contribution in [0.25, 0.3) is 0 Å². The summed E-state index contributed by atoms with van der Waals surface area (Å²) in [7, 11) is 1.34. The van der Waals surface area contributed by atoms with Crippen LogP contribution in [0.2, 0.25) is 0 Å². The highest BCUT2D eigenvalue weighted by Crippen LogP contribution is 2.18. The number of ether oxygens (including phenoxy) is 1. The predicted molar refractivity (Wildman–Crippen MR) is 45.6 cm³/mol. The van der Waals surface area contributed by atoms with Gasteiger partial charge in [-0.25, -0.2) is 4.98 Å². The SMILES string of the molecule is COc1cccc(CC(=O)C(F)(F)F)n1. The molecule has 0 spiro atoms. The molecule has 0 atom stereocenters. The Bertz CT molecular complexity index is 363. The second-order valence-electron chi connectivity index (χ2n) is 2.77. The number of alkyl halides is 3. The van der Waals surface area contributed by atoms with E-state index in [-0.39, 0.29) is 11.6 Å². The molecule has 15 heavy (non-hydrogen) atoms. The van der Waals surface area contributed by atoms with Gasteiger partial charge in [0, 0.05) is 6.07 Å². The number of methoxy groups -OCH3 is 1. The summed E-state index contributed by atoms with van der Waals surface area (Å²) in [5.41, 5.74) is 0.0386. The molecule has 0 amide bonds. The zero-order valence-electron chi connectivity index (χ0n) is 7.84. The minimum atomic E-state index is -4.81. The van der Waals surface area contributed by atoms with E-state index in [1.807, 2.05) is 0 Å². The maximum Gasteiger partial charge on any atom is 0.450 e. The molecule has 0 radical (unpaired) electrons. The van der Waals surface area contributed by atoms with Gasteiger partial charge in [0.25, 0.3) is 0 Å². The fourth-order valence-corrected chi connectivity index (χ4v) is 0.934. The van der Waals surface area contributed by atoms with Crippen molar-refractivity contribution < 1.29 is 22.7 Å². The van der Waals surface area contributed by atoms with Crippen LogP contribution in [0.1, 0.15) is 5.69 Å². The van der Waals surface area contributed by atoms with Gasteiger partial charge in [-0.1, -0.05) is 6.07 Å². The van der Waals surface area contributed by atoms with Crippen LogP contribution in [-0.4, -0.2) is 24.1 Å². The smallest absolute Gasteiger partial charge is 0.450 e. The molecule has 0 aliphatic heterocycles. The number of carbonyl (C=O) groups is 1. The van der Waals surface area contributed by atoms with Gasteiger partial charge in [0.15, 0.2) is 0 Å². The molecule has 1 aromatic heterocycles. The van der Waals surface area contributed by atoms with Gasteiger partial charge in [-0.3, -0.25) is 4.79 Å². The number of nitrogens with zero attached hydrogens (tertiary/aromatic N) is 1. The van der Waals surface area contributed by atoms with Gasteiger partial charge in [0.2, 0.25) is 11.7 Å². The first kappa shape index (κ1) is 11.5. The van der Waals surface area contributed by atoms with Crippen molar-refractivity contribution in [2.75, 3.05) is 7.11 Å². The summed E-state index contributed by atoms with van der Waals surface area (Å²) in [6.07, 6.45) is -5.58. The first-order valence-electron chi connectivity index (χ1n) is 4.03. The van der Waals surface area contributed by atoms with Gasteiger partial charge in [-0.15, -0.1) is 0 Å². The van der Waals surface area contributed by atoms with Crippen molar-refractivity contribution in [3.8, 4) is 5.88 Å². The number of hydrogen-bond donors (Lipinski definition) is 0. The molecule has 0 aromatic carbocycles. The van der Waals surface area contributed by atoms with E-state index in [0.29, 0.717) is 0 Å². The Morgan fingerprint density at radius 3 is 2.67 bits per heavy atom. The molecule has 0 saturated heterocycles. The average Bonchev–Trinajstić information content (AvgIpc) is 2.16. The van der Waals surface area contributed by atoms with Crippen LogP contribution in [0, 0.1) is 0 Å². The van der Waals surface area contributed by atoms with E-state index in [4.69, 9.17) is 4.74 Å². The fourth-order valence-electron chi connectivity index (χ4n) is 0.934. The molecule has 1 heterocycles. The average molecular weight is 219 g/mol. The second kappa shape index (κ2) is 4.29. The molecular weight excluding hydrogens is 211 g/mol. The lowest BCUT2D eigenvalue weighted by atomic mass is 10.2. The summed E-state index contributed by atoms with van der Waals surface area (Å²) >= 11 is 0. The summed E-state index contributed by atoms with van der Waals surface area (Å²) in [5.74, 6) is -1.63. The molecule has 0 aliphatic carbocycles. The Morgan fingerprint density at radius 1 is 1.47 bits per heavy atom. The van der Waals surface area contributed by atoms with Crippen LogP contribution in [0.3, 0.4) is 0 Å². The molecule has 0 bridgehead atoms. The van der Waals surface area contributed by atoms with E-state index in [2.05, 4.69) is 4.98 Å². The van der Waals surface area contributed by atoms with Crippen LogP contribution in [0.5, 0.6) is 5.88 Å². The van der Waals surface area contributed by atoms with Crippen molar-refractivity contribution in [2.24, 2.45) is 0 Å². The zero-order valence-corrected chi connectivity index (χ0v) is 7.84. The van der Waals surface area contributed by atoms with E-state index in [1.165, 1.54) is 25.3 Å².